The SMILES string of the molecule is CCC1CCc2c(sc(NC(=O)CSc3nnc(COc4ccc(Cl)c(C)c4)n3C)c2C#N)C1. The molecule has 2 heterocycles. The average Bonchev–Trinajstić information content (AvgIpc) is 3.36. The topological polar surface area (TPSA) is 92.8 Å². The molecule has 1 aliphatic carbocycles. The second-order valence-electron chi connectivity index (χ2n) is 8.33. The molecule has 7 nitrogen and oxygen atoms in total. The predicted molar refractivity (Wildman–Crippen MR) is 136 cm³/mol. The first-order valence-corrected chi connectivity index (χ1v) is 13.3. The van der Waals surface area contributed by atoms with Gasteiger partial charge in [0.25, 0.3) is 0 Å². The van der Waals surface area contributed by atoms with Crippen LogP contribution in [0.3, 0.4) is 0 Å². The summed E-state index contributed by atoms with van der Waals surface area (Å²) in [5.41, 5.74) is 2.69. The van der Waals surface area contributed by atoms with Crippen molar-refractivity contribution < 1.29 is 9.53 Å². The number of nitrogens with one attached hydrogen (secondary N) is 1. The molecule has 0 fully saturated rings. The third-order valence-corrected chi connectivity index (χ3v) is 8.68. The van der Waals surface area contributed by atoms with Gasteiger partial charge in [-0.3, -0.25) is 4.79 Å². The van der Waals surface area contributed by atoms with Crippen LogP contribution in [0.4, 0.5) is 5.00 Å². The maximum absolute atomic E-state index is 12.6. The number of amides is 1. The van der Waals surface area contributed by atoms with E-state index in [9.17, 15) is 10.1 Å². The van der Waals surface area contributed by atoms with Crippen molar-refractivity contribution in [2.24, 2.45) is 13.0 Å². The molecule has 1 aromatic carbocycles. The van der Waals surface area contributed by atoms with E-state index in [1.54, 1.807) is 17.4 Å². The number of ether oxygens (including phenoxy) is 1. The van der Waals surface area contributed by atoms with Gasteiger partial charge in [-0.15, -0.1) is 21.5 Å². The number of carbonyl (C=O) groups is 1. The van der Waals surface area contributed by atoms with Crippen LogP contribution in [0.2, 0.25) is 5.02 Å². The van der Waals surface area contributed by atoms with Gasteiger partial charge in [-0.25, -0.2) is 0 Å². The first-order valence-electron chi connectivity index (χ1n) is 11.1. The predicted octanol–water partition coefficient (Wildman–Crippen LogP) is 5.53. The first kappa shape index (κ1) is 24.6. The van der Waals surface area contributed by atoms with Gasteiger partial charge in [0.05, 0.1) is 11.3 Å². The molecular formula is C24H26ClN5O2S2. The van der Waals surface area contributed by atoms with E-state index < -0.39 is 0 Å². The summed E-state index contributed by atoms with van der Waals surface area (Å²) >= 11 is 8.91. The highest BCUT2D eigenvalue weighted by Gasteiger charge is 2.26. The second kappa shape index (κ2) is 10.8. The van der Waals surface area contributed by atoms with E-state index in [1.165, 1.54) is 16.6 Å². The van der Waals surface area contributed by atoms with E-state index >= 15 is 0 Å². The lowest BCUT2D eigenvalue weighted by Gasteiger charge is -2.20. The summed E-state index contributed by atoms with van der Waals surface area (Å²) in [6.07, 6.45) is 4.15. The molecule has 0 radical (unpaired) electrons. The smallest absolute Gasteiger partial charge is 0.235 e. The van der Waals surface area contributed by atoms with E-state index in [2.05, 4.69) is 28.5 Å². The van der Waals surface area contributed by atoms with Gasteiger partial charge in [0.1, 0.15) is 23.4 Å². The second-order valence-corrected chi connectivity index (χ2v) is 10.8. The van der Waals surface area contributed by atoms with Crippen LogP contribution < -0.4 is 10.1 Å². The Kier molecular flexibility index (Phi) is 7.81. The Hall–Kier alpha value is -2.54. The molecule has 1 aliphatic rings. The minimum atomic E-state index is -0.162. The average molecular weight is 516 g/mol. The van der Waals surface area contributed by atoms with Crippen LogP contribution in [0.25, 0.3) is 0 Å². The first-order chi connectivity index (χ1) is 16.4. The summed E-state index contributed by atoms with van der Waals surface area (Å²) < 4.78 is 7.62. The number of fused-ring (bicyclic) bond motifs is 1. The molecule has 1 amide bonds. The van der Waals surface area contributed by atoms with E-state index in [0.29, 0.717) is 38.2 Å². The van der Waals surface area contributed by atoms with Gasteiger partial charge in [0.15, 0.2) is 11.0 Å². The van der Waals surface area contributed by atoms with Crippen LogP contribution in [-0.4, -0.2) is 26.4 Å². The van der Waals surface area contributed by atoms with Gasteiger partial charge in [0, 0.05) is 16.9 Å². The van der Waals surface area contributed by atoms with Crippen LogP contribution in [0.5, 0.6) is 5.75 Å². The number of thioether (sulfide) groups is 1. The van der Waals surface area contributed by atoms with Crippen LogP contribution in [0.1, 0.15) is 47.2 Å². The van der Waals surface area contributed by atoms with Crippen molar-refractivity contribution in [3.8, 4) is 11.8 Å². The number of halogens is 1. The van der Waals surface area contributed by atoms with Crippen LogP contribution >= 0.6 is 34.7 Å². The zero-order valence-electron chi connectivity index (χ0n) is 19.4. The van der Waals surface area contributed by atoms with Gasteiger partial charge in [-0.05, 0) is 61.4 Å². The number of aryl methyl sites for hydroxylation is 1. The fraction of sp³-hybridized carbons (Fsp3) is 0.417. The number of hydrogen-bond donors (Lipinski definition) is 1. The van der Waals surface area contributed by atoms with Crippen molar-refractivity contribution in [2.45, 2.75) is 51.3 Å². The molecule has 0 spiro atoms. The highest BCUT2D eigenvalue weighted by molar-refractivity contribution is 7.99. The maximum atomic E-state index is 12.6. The molecule has 178 valence electrons. The number of nitriles is 1. The fourth-order valence-electron chi connectivity index (χ4n) is 3.95. The minimum Gasteiger partial charge on any atom is -0.486 e. The molecular weight excluding hydrogens is 490 g/mol. The number of aromatic nitrogens is 3. The van der Waals surface area contributed by atoms with Crippen LogP contribution in [0, 0.1) is 24.2 Å². The largest absolute Gasteiger partial charge is 0.486 e. The molecule has 4 rings (SSSR count). The van der Waals surface area contributed by atoms with Crippen molar-refractivity contribution >= 4 is 45.6 Å². The molecule has 0 bridgehead atoms. The summed E-state index contributed by atoms with van der Waals surface area (Å²) in [6, 6.07) is 7.79. The third kappa shape index (κ3) is 5.40. The summed E-state index contributed by atoms with van der Waals surface area (Å²) in [6.45, 7) is 4.38. The lowest BCUT2D eigenvalue weighted by Crippen LogP contribution is -2.15. The van der Waals surface area contributed by atoms with Gasteiger partial charge in [-0.1, -0.05) is 36.7 Å². The molecule has 1 atom stereocenters. The number of nitrogens with zero attached hydrogens (tertiary/aromatic N) is 4. The lowest BCUT2D eigenvalue weighted by molar-refractivity contribution is -0.113. The zero-order valence-corrected chi connectivity index (χ0v) is 21.7. The summed E-state index contributed by atoms with van der Waals surface area (Å²) in [5, 5.41) is 23.0. The van der Waals surface area contributed by atoms with Crippen molar-refractivity contribution in [2.75, 3.05) is 11.1 Å². The molecule has 1 unspecified atom stereocenters. The Bertz CT molecular complexity index is 1250. The minimum absolute atomic E-state index is 0.162. The molecule has 0 saturated carbocycles. The highest BCUT2D eigenvalue weighted by Crippen LogP contribution is 2.40. The number of rotatable bonds is 8. The molecule has 10 heteroatoms. The standard InChI is InChI=1S/C24H26ClN5O2S2/c1-4-15-5-7-17-18(11-26)23(34-20(17)10-15)27-22(31)13-33-24-29-28-21(30(24)3)12-32-16-6-8-19(25)14(2)9-16/h6,8-9,15H,4-5,7,10,12-13H2,1-3H3,(H,27,31). The van der Waals surface area contributed by atoms with Gasteiger partial charge in [0.2, 0.25) is 5.91 Å². The number of carbonyl (C=O) groups excluding carboxylic acids is 1. The Morgan fingerprint density at radius 3 is 3.00 bits per heavy atom. The lowest BCUT2D eigenvalue weighted by atomic mass is 9.86. The monoisotopic (exact) mass is 515 g/mol. The van der Waals surface area contributed by atoms with E-state index in [1.807, 2.05) is 30.7 Å². The van der Waals surface area contributed by atoms with Crippen molar-refractivity contribution in [3.05, 3.63) is 50.6 Å². The summed E-state index contributed by atoms with van der Waals surface area (Å²) in [5.74, 6) is 2.03. The maximum Gasteiger partial charge on any atom is 0.235 e. The van der Waals surface area contributed by atoms with Crippen LogP contribution in [0.15, 0.2) is 23.4 Å². The summed E-state index contributed by atoms with van der Waals surface area (Å²) in [4.78, 5) is 13.9. The molecule has 3 aromatic rings. The van der Waals surface area contributed by atoms with Crippen LogP contribution in [-0.2, 0) is 31.3 Å². The quantitative estimate of drug-likeness (QED) is 0.396. The van der Waals surface area contributed by atoms with Gasteiger partial charge >= 0.3 is 0 Å². The number of benzene rings is 1. The molecule has 0 saturated heterocycles. The molecule has 1 N–H and O–H groups in total. The van der Waals surface area contributed by atoms with E-state index in [0.717, 1.165) is 36.8 Å². The number of thiophene rings is 1. The van der Waals surface area contributed by atoms with Crippen molar-refractivity contribution in [3.63, 3.8) is 0 Å². The fourth-order valence-corrected chi connectivity index (χ4v) is 6.13. The normalized spacial score (nSPS) is 15.0. The van der Waals surface area contributed by atoms with E-state index in [-0.39, 0.29) is 18.3 Å². The summed E-state index contributed by atoms with van der Waals surface area (Å²) in [7, 11) is 1.84. The Morgan fingerprint density at radius 1 is 1.44 bits per heavy atom. The van der Waals surface area contributed by atoms with Crippen molar-refractivity contribution in [1.82, 2.24) is 14.8 Å². The number of hydrogen-bond acceptors (Lipinski definition) is 7. The Labute approximate surface area is 212 Å². The molecule has 34 heavy (non-hydrogen) atoms. The number of anilines is 1. The van der Waals surface area contributed by atoms with Crippen molar-refractivity contribution in [1.29, 1.82) is 5.26 Å². The van der Waals surface area contributed by atoms with Gasteiger partial charge < -0.3 is 14.6 Å². The zero-order chi connectivity index (χ0) is 24.2. The van der Waals surface area contributed by atoms with E-state index in [4.69, 9.17) is 16.3 Å². The third-order valence-electron chi connectivity index (χ3n) is 6.06. The Morgan fingerprint density at radius 2 is 2.26 bits per heavy atom. The van der Waals surface area contributed by atoms with Gasteiger partial charge in [-0.2, -0.15) is 5.26 Å². The Balaban J connectivity index is 1.34. The molecule has 0 aliphatic heterocycles. The molecule has 2 aromatic heterocycles. The highest BCUT2D eigenvalue weighted by atomic mass is 35.5.